The second-order valence-corrected chi connectivity index (χ2v) is 22.7. The fourth-order valence-electron chi connectivity index (χ4n) is 9.55. The van der Waals surface area contributed by atoms with Crippen LogP contribution in [0.2, 0.25) is 0 Å². The van der Waals surface area contributed by atoms with Crippen molar-refractivity contribution in [3.8, 4) is 0 Å². The van der Waals surface area contributed by atoms with Crippen molar-refractivity contribution in [2.75, 3.05) is 13.2 Å². The third-order valence-electron chi connectivity index (χ3n) is 14.7. The Bertz CT molecular complexity index is 1750. The van der Waals surface area contributed by atoms with Crippen molar-refractivity contribution >= 4 is 17.9 Å². The molecule has 6 heteroatoms. The Morgan fingerprint density at radius 2 is 0.530 bits per heavy atom. The SMILES string of the molecule is CC/C=C\C/C=C\C/C=C\C/C=C\C/C=C\CCCC(=O)OC(COC(=O)C/C=C\C/C=C\C/C=C\C/C=C\C/C=C\CC)COC(=O)CCCCCCCCCCCCCCCCCCCCCCC/C=C\CCCCCCCCCC. The van der Waals surface area contributed by atoms with Crippen LogP contribution in [0.3, 0.4) is 0 Å². The minimum absolute atomic E-state index is 0.111. The molecule has 0 heterocycles. The van der Waals surface area contributed by atoms with E-state index in [1.54, 1.807) is 6.08 Å². The first kappa shape index (κ1) is 78.5. The molecule has 0 saturated carbocycles. The van der Waals surface area contributed by atoms with Gasteiger partial charge in [-0.05, 0) is 109 Å². The van der Waals surface area contributed by atoms with Crippen molar-refractivity contribution in [2.24, 2.45) is 0 Å². The van der Waals surface area contributed by atoms with Crippen molar-refractivity contribution in [2.45, 2.75) is 322 Å². The van der Waals surface area contributed by atoms with E-state index < -0.39 is 18.0 Å². The van der Waals surface area contributed by atoms with Crippen molar-refractivity contribution < 1.29 is 28.6 Å². The van der Waals surface area contributed by atoms with Crippen LogP contribution in [-0.4, -0.2) is 37.2 Å². The number of unbranched alkanes of at least 4 members (excludes halogenated alkanes) is 30. The molecule has 0 amide bonds. The minimum Gasteiger partial charge on any atom is -0.462 e. The summed E-state index contributed by atoms with van der Waals surface area (Å²) in [6.45, 7) is 6.29. The standard InChI is InChI=1S/C77H128O6/c1-4-7-10-13-16-19-22-25-28-30-31-32-33-34-35-36-37-38-39-40-41-42-43-44-45-47-49-52-55-58-61-64-67-70-76(79)82-73-74(72-81-75(78)69-66-63-60-57-54-51-48-27-24-21-18-15-12-9-6-3)83-77(80)71-68-65-62-59-56-53-50-46-29-26-23-20-17-14-11-8-5-2/h8-9,11-12,17-18,20-21,26-27,29-31,48,50,53-54,57,59,62-63,66,74H,4-7,10,13-16,19,22-25,28,32-47,49,51-52,55-56,58,60-61,64-65,67-73H2,1-3H3/b11-8-,12-9-,20-17-,21-18-,29-26-,31-30-,48-27-,53-50-,57-54-,62-59-,66-63-. The van der Waals surface area contributed by atoms with Crippen LogP contribution >= 0.6 is 0 Å². The topological polar surface area (TPSA) is 78.9 Å². The Balaban J connectivity index is 4.28. The first-order valence-corrected chi connectivity index (χ1v) is 34.7. The van der Waals surface area contributed by atoms with Crippen LogP contribution in [0.5, 0.6) is 0 Å². The van der Waals surface area contributed by atoms with E-state index in [9.17, 15) is 14.4 Å². The number of allylic oxidation sites excluding steroid dienone is 21. The lowest BCUT2D eigenvalue weighted by atomic mass is 10.0. The van der Waals surface area contributed by atoms with Crippen LogP contribution in [0.25, 0.3) is 0 Å². The maximum absolute atomic E-state index is 12.9. The van der Waals surface area contributed by atoms with Gasteiger partial charge in [0.25, 0.3) is 0 Å². The summed E-state index contributed by atoms with van der Waals surface area (Å²) < 4.78 is 16.8. The van der Waals surface area contributed by atoms with E-state index in [4.69, 9.17) is 14.2 Å². The molecule has 472 valence electrons. The van der Waals surface area contributed by atoms with Crippen molar-refractivity contribution in [3.63, 3.8) is 0 Å². The fraction of sp³-hybridized carbons (Fsp3) is 0.675. The predicted octanol–water partition coefficient (Wildman–Crippen LogP) is 24.1. The van der Waals surface area contributed by atoms with Crippen LogP contribution in [0.15, 0.2) is 134 Å². The van der Waals surface area contributed by atoms with Gasteiger partial charge in [-0.3, -0.25) is 14.4 Å². The lowest BCUT2D eigenvalue weighted by Crippen LogP contribution is -2.30. The highest BCUT2D eigenvalue weighted by Crippen LogP contribution is 2.17. The summed E-state index contributed by atoms with van der Waals surface area (Å²) in [4.78, 5) is 38.2. The van der Waals surface area contributed by atoms with Crippen LogP contribution < -0.4 is 0 Å². The zero-order valence-corrected chi connectivity index (χ0v) is 54.2. The summed E-state index contributed by atoms with van der Waals surface area (Å²) in [7, 11) is 0. The van der Waals surface area contributed by atoms with E-state index in [-0.39, 0.29) is 32.0 Å². The minimum atomic E-state index is -0.853. The van der Waals surface area contributed by atoms with Crippen LogP contribution in [-0.2, 0) is 28.6 Å². The zero-order valence-electron chi connectivity index (χ0n) is 54.2. The first-order chi connectivity index (χ1) is 41.0. The lowest BCUT2D eigenvalue weighted by Gasteiger charge is -2.18. The quantitative estimate of drug-likeness (QED) is 0.0261. The Morgan fingerprint density at radius 3 is 0.892 bits per heavy atom. The molecule has 1 unspecified atom stereocenters. The molecule has 0 aromatic carbocycles. The molecule has 0 radical (unpaired) electrons. The maximum Gasteiger partial charge on any atom is 0.309 e. The third-order valence-corrected chi connectivity index (χ3v) is 14.7. The normalized spacial score (nSPS) is 13.0. The van der Waals surface area contributed by atoms with Gasteiger partial charge in [-0.2, -0.15) is 0 Å². The summed E-state index contributed by atoms with van der Waals surface area (Å²) in [5.41, 5.74) is 0. The number of carbonyl (C=O) groups excluding carboxylic acids is 3. The zero-order chi connectivity index (χ0) is 59.9. The van der Waals surface area contributed by atoms with E-state index in [0.29, 0.717) is 12.8 Å². The van der Waals surface area contributed by atoms with Gasteiger partial charge in [-0.1, -0.05) is 321 Å². The molecule has 0 aliphatic carbocycles. The van der Waals surface area contributed by atoms with E-state index in [0.717, 1.165) is 89.9 Å². The number of hydrogen-bond donors (Lipinski definition) is 0. The molecule has 0 bridgehead atoms. The second-order valence-electron chi connectivity index (χ2n) is 22.7. The van der Waals surface area contributed by atoms with Crippen LogP contribution in [0, 0.1) is 0 Å². The lowest BCUT2D eigenvalue weighted by molar-refractivity contribution is -0.166. The molecule has 0 aromatic rings. The van der Waals surface area contributed by atoms with E-state index in [1.807, 2.05) is 6.08 Å². The highest BCUT2D eigenvalue weighted by molar-refractivity contribution is 5.72. The van der Waals surface area contributed by atoms with Crippen molar-refractivity contribution in [1.82, 2.24) is 0 Å². The highest BCUT2D eigenvalue weighted by atomic mass is 16.6. The van der Waals surface area contributed by atoms with E-state index in [1.165, 1.54) is 180 Å². The Hall–Kier alpha value is -4.45. The maximum atomic E-state index is 12.9. The number of hydrogen-bond acceptors (Lipinski definition) is 6. The van der Waals surface area contributed by atoms with Gasteiger partial charge in [0.15, 0.2) is 6.10 Å². The molecular formula is C77H128O6. The average Bonchev–Trinajstić information content (AvgIpc) is 3.49. The molecule has 0 fully saturated rings. The van der Waals surface area contributed by atoms with Crippen molar-refractivity contribution in [3.05, 3.63) is 134 Å². The largest absolute Gasteiger partial charge is 0.462 e. The van der Waals surface area contributed by atoms with Gasteiger partial charge in [0.05, 0.1) is 6.42 Å². The van der Waals surface area contributed by atoms with Crippen LogP contribution in [0.1, 0.15) is 316 Å². The molecule has 0 saturated heterocycles. The summed E-state index contributed by atoms with van der Waals surface area (Å²) in [5.74, 6) is -1.12. The molecule has 1 atom stereocenters. The van der Waals surface area contributed by atoms with Crippen LogP contribution in [0.4, 0.5) is 0 Å². The summed E-state index contributed by atoms with van der Waals surface area (Å²) >= 11 is 0. The third kappa shape index (κ3) is 68.2. The molecule has 0 rings (SSSR count). The van der Waals surface area contributed by atoms with Gasteiger partial charge >= 0.3 is 17.9 Å². The predicted molar refractivity (Wildman–Crippen MR) is 362 cm³/mol. The van der Waals surface area contributed by atoms with Crippen molar-refractivity contribution in [1.29, 1.82) is 0 Å². The number of ether oxygens (including phenoxy) is 3. The average molecular weight is 1150 g/mol. The van der Waals surface area contributed by atoms with E-state index >= 15 is 0 Å². The molecule has 6 nitrogen and oxygen atoms in total. The van der Waals surface area contributed by atoms with Gasteiger partial charge < -0.3 is 14.2 Å². The summed E-state index contributed by atoms with van der Waals surface area (Å²) in [6.07, 6.45) is 99.6. The Kier molecular flexibility index (Phi) is 66.3. The van der Waals surface area contributed by atoms with Gasteiger partial charge in [0, 0.05) is 12.8 Å². The van der Waals surface area contributed by atoms with Gasteiger partial charge in [0.2, 0.25) is 0 Å². The molecule has 83 heavy (non-hydrogen) atoms. The van der Waals surface area contributed by atoms with Gasteiger partial charge in [-0.15, -0.1) is 0 Å². The number of esters is 3. The van der Waals surface area contributed by atoms with Gasteiger partial charge in [0.1, 0.15) is 13.2 Å². The monoisotopic (exact) mass is 1150 g/mol. The summed E-state index contributed by atoms with van der Waals surface area (Å²) in [5, 5.41) is 0. The molecular weight excluding hydrogens is 1020 g/mol. The Labute approximate surface area is 513 Å². The van der Waals surface area contributed by atoms with E-state index in [2.05, 4.69) is 142 Å². The molecule has 0 aliphatic rings. The molecule has 0 N–H and O–H groups in total. The fourth-order valence-corrected chi connectivity index (χ4v) is 9.55. The first-order valence-electron chi connectivity index (χ1n) is 34.7. The highest BCUT2D eigenvalue weighted by Gasteiger charge is 2.19. The smallest absolute Gasteiger partial charge is 0.309 e. The Morgan fingerprint density at radius 1 is 0.265 bits per heavy atom. The molecule has 0 aliphatic heterocycles. The number of rotatable bonds is 62. The number of carbonyl (C=O) groups is 3. The van der Waals surface area contributed by atoms with Gasteiger partial charge in [-0.25, -0.2) is 0 Å². The second kappa shape index (κ2) is 70.0. The molecule has 0 aromatic heterocycles. The molecule has 0 spiro atoms. The summed E-state index contributed by atoms with van der Waals surface area (Å²) in [6, 6.07) is 0.